The summed E-state index contributed by atoms with van der Waals surface area (Å²) in [6.45, 7) is 6.71. The highest BCUT2D eigenvalue weighted by atomic mass is 16.6. The second kappa shape index (κ2) is 69.6. The Kier molecular flexibility index (Phi) is 68.0. The fourth-order valence-electron chi connectivity index (χ4n) is 11.5. The number of esters is 3. The molecule has 6 nitrogen and oxygen atoms in total. The van der Waals surface area contributed by atoms with Gasteiger partial charge in [0.2, 0.25) is 0 Å². The molecule has 0 heterocycles. The lowest BCUT2D eigenvalue weighted by Crippen LogP contribution is -2.30. The van der Waals surface area contributed by atoms with Crippen LogP contribution in [0.4, 0.5) is 0 Å². The predicted molar refractivity (Wildman–Crippen MR) is 349 cm³/mol. The lowest BCUT2D eigenvalue weighted by molar-refractivity contribution is -0.167. The summed E-state index contributed by atoms with van der Waals surface area (Å²) >= 11 is 0. The van der Waals surface area contributed by atoms with Crippen LogP contribution >= 0.6 is 0 Å². The van der Waals surface area contributed by atoms with Gasteiger partial charge in [-0.05, 0) is 44.9 Å². The SMILES string of the molecule is CCCCCCC/C=C\CCCCCCCC(=O)OCC(COC(=O)CCCCCCCCCCCCCCCCCCCCCCCCCCCCCCCCCCC)OC(=O)CCCCCCCCCCCCCCCCC. The largest absolute Gasteiger partial charge is 0.462 e. The first-order valence-electron chi connectivity index (χ1n) is 36.7. The minimum atomic E-state index is -0.769. The number of ether oxygens (including phenoxy) is 3. The van der Waals surface area contributed by atoms with Crippen molar-refractivity contribution in [2.75, 3.05) is 13.2 Å². The van der Waals surface area contributed by atoms with E-state index in [4.69, 9.17) is 14.2 Å². The van der Waals surface area contributed by atoms with Crippen molar-refractivity contribution < 1.29 is 28.6 Å². The van der Waals surface area contributed by atoms with Crippen molar-refractivity contribution in [2.45, 2.75) is 431 Å². The molecule has 80 heavy (non-hydrogen) atoms. The van der Waals surface area contributed by atoms with Crippen LogP contribution in [-0.2, 0) is 28.6 Å². The molecule has 0 saturated heterocycles. The van der Waals surface area contributed by atoms with Crippen LogP contribution < -0.4 is 0 Å². The average Bonchev–Trinajstić information content (AvgIpc) is 3.46. The molecule has 0 amide bonds. The van der Waals surface area contributed by atoms with Crippen LogP contribution in [0, 0.1) is 0 Å². The van der Waals surface area contributed by atoms with Crippen molar-refractivity contribution in [2.24, 2.45) is 0 Å². The van der Waals surface area contributed by atoms with Crippen molar-refractivity contribution in [3.05, 3.63) is 12.2 Å². The summed E-state index contributed by atoms with van der Waals surface area (Å²) in [6, 6.07) is 0. The summed E-state index contributed by atoms with van der Waals surface area (Å²) in [4.78, 5) is 38.4. The van der Waals surface area contributed by atoms with Gasteiger partial charge in [-0.3, -0.25) is 14.4 Å². The number of rotatable bonds is 69. The second-order valence-corrected chi connectivity index (χ2v) is 25.2. The molecule has 0 fully saturated rings. The molecule has 474 valence electrons. The van der Waals surface area contributed by atoms with Gasteiger partial charge in [0.25, 0.3) is 0 Å². The molecule has 0 aliphatic heterocycles. The normalized spacial score (nSPS) is 12.0. The molecule has 1 atom stereocenters. The molecule has 0 spiro atoms. The molecule has 0 aromatic heterocycles. The number of carbonyl (C=O) groups is 3. The zero-order chi connectivity index (χ0) is 57.8. The summed E-state index contributed by atoms with van der Waals surface area (Å²) < 4.78 is 17.0. The third kappa shape index (κ3) is 66.9. The smallest absolute Gasteiger partial charge is 0.306 e. The third-order valence-electron chi connectivity index (χ3n) is 17.0. The number of carbonyl (C=O) groups excluding carboxylic acids is 3. The first kappa shape index (κ1) is 78.1. The second-order valence-electron chi connectivity index (χ2n) is 25.2. The van der Waals surface area contributed by atoms with E-state index in [1.807, 2.05) is 0 Å². The van der Waals surface area contributed by atoms with Gasteiger partial charge in [0.1, 0.15) is 13.2 Å². The van der Waals surface area contributed by atoms with Gasteiger partial charge in [0.15, 0.2) is 6.10 Å². The van der Waals surface area contributed by atoms with Crippen LogP contribution in [0.2, 0.25) is 0 Å². The minimum absolute atomic E-state index is 0.0658. The number of hydrogen-bond donors (Lipinski definition) is 0. The van der Waals surface area contributed by atoms with Crippen molar-refractivity contribution in [3.63, 3.8) is 0 Å². The zero-order valence-electron chi connectivity index (χ0n) is 54.6. The Morgan fingerprint density at radius 2 is 0.412 bits per heavy atom. The fourth-order valence-corrected chi connectivity index (χ4v) is 11.5. The van der Waals surface area contributed by atoms with E-state index in [0.717, 1.165) is 64.2 Å². The minimum Gasteiger partial charge on any atom is -0.462 e. The summed E-state index contributed by atoms with van der Waals surface area (Å²) in [5, 5.41) is 0. The van der Waals surface area contributed by atoms with E-state index in [9.17, 15) is 14.4 Å². The van der Waals surface area contributed by atoms with Crippen molar-refractivity contribution in [1.82, 2.24) is 0 Å². The molecule has 0 rings (SSSR count). The highest BCUT2D eigenvalue weighted by Crippen LogP contribution is 2.19. The van der Waals surface area contributed by atoms with Gasteiger partial charge in [-0.15, -0.1) is 0 Å². The standard InChI is InChI=1S/C74H142O6/c1-4-7-10-13-16-19-22-25-28-29-30-31-32-33-34-35-36-37-38-39-40-41-42-43-44-45-47-49-52-55-58-61-64-67-73(76)79-70-71(69-78-72(75)66-63-60-57-54-51-48-27-24-21-18-15-12-9-6-3)80-74(77)68-65-62-59-56-53-50-46-26-23-20-17-14-11-8-5-2/h24,27,71H,4-23,25-26,28-70H2,1-3H3/b27-24-. The molecule has 0 radical (unpaired) electrons. The Morgan fingerprint density at radius 1 is 0.237 bits per heavy atom. The lowest BCUT2D eigenvalue weighted by Gasteiger charge is -2.18. The number of allylic oxidation sites excluding steroid dienone is 2. The molecule has 0 aliphatic carbocycles. The highest BCUT2D eigenvalue weighted by Gasteiger charge is 2.20. The molecule has 1 unspecified atom stereocenters. The van der Waals surface area contributed by atoms with E-state index in [0.29, 0.717) is 19.3 Å². The van der Waals surface area contributed by atoms with E-state index >= 15 is 0 Å². The van der Waals surface area contributed by atoms with E-state index in [-0.39, 0.29) is 31.1 Å². The van der Waals surface area contributed by atoms with Crippen LogP contribution in [0.25, 0.3) is 0 Å². The third-order valence-corrected chi connectivity index (χ3v) is 17.0. The molecule has 0 saturated carbocycles. The van der Waals surface area contributed by atoms with Gasteiger partial charge in [0.05, 0.1) is 0 Å². The van der Waals surface area contributed by atoms with Crippen molar-refractivity contribution in [1.29, 1.82) is 0 Å². The fraction of sp³-hybridized carbons (Fsp3) is 0.932. The van der Waals surface area contributed by atoms with Gasteiger partial charge in [-0.2, -0.15) is 0 Å². The summed E-state index contributed by atoms with van der Waals surface area (Å²) in [5.41, 5.74) is 0. The summed E-state index contributed by atoms with van der Waals surface area (Å²) in [7, 11) is 0. The van der Waals surface area contributed by atoms with Crippen LogP contribution in [0.1, 0.15) is 425 Å². The van der Waals surface area contributed by atoms with Crippen LogP contribution in [0.15, 0.2) is 12.2 Å². The molecule has 0 aromatic rings. The lowest BCUT2D eigenvalue weighted by atomic mass is 10.0. The highest BCUT2D eigenvalue weighted by molar-refractivity contribution is 5.71. The zero-order valence-corrected chi connectivity index (χ0v) is 54.6. The van der Waals surface area contributed by atoms with Crippen LogP contribution in [-0.4, -0.2) is 37.2 Å². The Hall–Kier alpha value is -1.85. The topological polar surface area (TPSA) is 78.9 Å². The Balaban J connectivity index is 4.06. The van der Waals surface area contributed by atoms with E-state index in [1.165, 1.54) is 321 Å². The number of unbranched alkanes of at least 4 members (excludes halogenated alkanes) is 56. The van der Waals surface area contributed by atoms with Crippen molar-refractivity contribution >= 4 is 17.9 Å². The molecule has 0 N–H and O–H groups in total. The molecule has 0 bridgehead atoms. The van der Waals surface area contributed by atoms with Crippen LogP contribution in [0.3, 0.4) is 0 Å². The molecular weight excluding hydrogens is 985 g/mol. The predicted octanol–water partition coefficient (Wildman–Crippen LogP) is 25.2. The first-order chi connectivity index (χ1) is 39.5. The number of hydrogen-bond acceptors (Lipinski definition) is 6. The Morgan fingerprint density at radius 3 is 0.625 bits per heavy atom. The molecule has 0 aromatic carbocycles. The van der Waals surface area contributed by atoms with E-state index in [2.05, 4.69) is 32.9 Å². The maximum atomic E-state index is 12.9. The molecule has 6 heteroatoms. The van der Waals surface area contributed by atoms with Gasteiger partial charge in [-0.1, -0.05) is 373 Å². The van der Waals surface area contributed by atoms with Gasteiger partial charge in [0, 0.05) is 19.3 Å². The first-order valence-corrected chi connectivity index (χ1v) is 36.7. The van der Waals surface area contributed by atoms with Gasteiger partial charge in [-0.25, -0.2) is 0 Å². The Labute approximate surface area is 501 Å². The Bertz CT molecular complexity index is 1250. The molecular formula is C74H142O6. The quantitative estimate of drug-likeness (QED) is 0.0261. The summed E-state index contributed by atoms with van der Waals surface area (Å²) in [6.07, 6.45) is 84.1. The van der Waals surface area contributed by atoms with Gasteiger partial charge >= 0.3 is 17.9 Å². The summed E-state index contributed by atoms with van der Waals surface area (Å²) in [5.74, 6) is -0.841. The molecule has 0 aliphatic rings. The van der Waals surface area contributed by atoms with E-state index < -0.39 is 6.10 Å². The van der Waals surface area contributed by atoms with Crippen molar-refractivity contribution in [3.8, 4) is 0 Å². The maximum Gasteiger partial charge on any atom is 0.306 e. The van der Waals surface area contributed by atoms with Gasteiger partial charge < -0.3 is 14.2 Å². The monoisotopic (exact) mass is 1130 g/mol. The van der Waals surface area contributed by atoms with Crippen LogP contribution in [0.5, 0.6) is 0 Å². The average molecular weight is 1130 g/mol. The van der Waals surface area contributed by atoms with E-state index in [1.54, 1.807) is 0 Å². The maximum absolute atomic E-state index is 12.9.